The average molecular weight is 240 g/mol. The monoisotopic (exact) mass is 240 g/mol. The lowest BCUT2D eigenvalue weighted by Gasteiger charge is -2.45. The van der Waals surface area contributed by atoms with E-state index in [2.05, 4.69) is 0 Å². The number of nitrogens with two attached hydrogens (primary N) is 1. The Balaban J connectivity index is 2.79. The molecular weight excluding hydrogens is 228 g/mol. The molecule has 0 aromatic rings. The van der Waals surface area contributed by atoms with Gasteiger partial charge in [0.25, 0.3) is 0 Å². The van der Waals surface area contributed by atoms with Crippen LogP contribution < -0.4 is 5.73 Å². The van der Waals surface area contributed by atoms with E-state index in [4.69, 9.17) is 10.5 Å². The number of hydrogen-bond acceptors (Lipinski definition) is 5. The van der Waals surface area contributed by atoms with Gasteiger partial charge >= 0.3 is 0 Å². The van der Waals surface area contributed by atoms with E-state index in [-0.39, 0.29) is 11.5 Å². The summed E-state index contributed by atoms with van der Waals surface area (Å²) in [6.07, 6.45) is 4.16. The summed E-state index contributed by atoms with van der Waals surface area (Å²) in [5.41, 5.74) is 3.24. The summed E-state index contributed by atoms with van der Waals surface area (Å²) in [7, 11) is 0. The van der Waals surface area contributed by atoms with Gasteiger partial charge in [0.2, 0.25) is 5.88 Å². The molecule has 0 aromatic carbocycles. The summed E-state index contributed by atoms with van der Waals surface area (Å²) < 4.78 is 5.45. The molecule has 0 aromatic heterocycles. The van der Waals surface area contributed by atoms with Crippen LogP contribution in [0.1, 0.15) is 26.2 Å². The quantitative estimate of drug-likeness (QED) is 0.694. The summed E-state index contributed by atoms with van der Waals surface area (Å²) in [6.45, 7) is 1.79. The molecule has 0 spiro atoms. The third-order valence-corrected chi connectivity index (χ3v) is 3.87. The largest absolute Gasteiger partial charge is 0.444 e. The molecule has 1 heterocycles. The number of allylic oxidation sites excluding steroid dienone is 3. The number of nitriles is 3. The van der Waals surface area contributed by atoms with Gasteiger partial charge in [0, 0.05) is 0 Å². The highest BCUT2D eigenvalue weighted by atomic mass is 16.5. The maximum Gasteiger partial charge on any atom is 0.206 e. The van der Waals surface area contributed by atoms with Crippen molar-refractivity contribution in [1.29, 1.82) is 15.8 Å². The Bertz CT molecular complexity index is 568. The first-order valence-electron chi connectivity index (χ1n) is 5.67. The number of nitrogens with zero attached hydrogens (tertiary/aromatic N) is 3. The van der Waals surface area contributed by atoms with Crippen LogP contribution in [0.25, 0.3) is 0 Å². The van der Waals surface area contributed by atoms with Crippen molar-refractivity contribution < 1.29 is 4.74 Å². The lowest BCUT2D eigenvalue weighted by Crippen LogP contribution is -2.47. The maximum absolute atomic E-state index is 9.47. The summed E-state index contributed by atoms with van der Waals surface area (Å²) in [4.78, 5) is 0. The van der Waals surface area contributed by atoms with Gasteiger partial charge in [0.15, 0.2) is 5.41 Å². The molecule has 1 aliphatic heterocycles. The second-order valence-electron chi connectivity index (χ2n) is 4.72. The first-order chi connectivity index (χ1) is 8.55. The van der Waals surface area contributed by atoms with Gasteiger partial charge in [0.1, 0.15) is 17.4 Å². The van der Waals surface area contributed by atoms with Gasteiger partial charge in [-0.1, -0.05) is 0 Å². The first-order valence-corrected chi connectivity index (χ1v) is 5.67. The van der Waals surface area contributed by atoms with E-state index in [0.717, 1.165) is 12.8 Å². The smallest absolute Gasteiger partial charge is 0.206 e. The molecule has 1 aliphatic carbocycles. The molecule has 0 saturated carbocycles. The van der Waals surface area contributed by atoms with Crippen molar-refractivity contribution in [3.8, 4) is 18.2 Å². The number of rotatable bonds is 0. The molecule has 2 rings (SSSR count). The van der Waals surface area contributed by atoms with Crippen molar-refractivity contribution in [2.75, 3.05) is 0 Å². The third kappa shape index (κ3) is 1.18. The van der Waals surface area contributed by atoms with Crippen LogP contribution in [0, 0.1) is 44.8 Å². The van der Waals surface area contributed by atoms with Crippen LogP contribution >= 0.6 is 0 Å². The van der Waals surface area contributed by atoms with Crippen molar-refractivity contribution in [3.05, 3.63) is 23.3 Å². The Morgan fingerprint density at radius 1 is 1.33 bits per heavy atom. The van der Waals surface area contributed by atoms with E-state index in [9.17, 15) is 15.8 Å². The van der Waals surface area contributed by atoms with E-state index < -0.39 is 10.8 Å². The predicted octanol–water partition coefficient (Wildman–Crippen LogP) is 1.82. The van der Waals surface area contributed by atoms with Gasteiger partial charge in [-0.15, -0.1) is 0 Å². The van der Waals surface area contributed by atoms with Crippen LogP contribution in [0.15, 0.2) is 23.3 Å². The summed E-state index contributed by atoms with van der Waals surface area (Å²) in [5, 5.41) is 28.1. The van der Waals surface area contributed by atoms with Crippen LogP contribution in [0.5, 0.6) is 0 Å². The summed E-state index contributed by atoms with van der Waals surface area (Å²) in [6, 6.07) is 5.85. The minimum atomic E-state index is -1.56. The fourth-order valence-electron chi connectivity index (χ4n) is 2.72. The lowest BCUT2D eigenvalue weighted by atomic mass is 9.57. The zero-order chi connectivity index (χ0) is 13.4. The Hall–Kier alpha value is -2.45. The van der Waals surface area contributed by atoms with Crippen molar-refractivity contribution in [1.82, 2.24) is 0 Å². The van der Waals surface area contributed by atoms with E-state index in [0.29, 0.717) is 12.2 Å². The highest BCUT2D eigenvalue weighted by Gasteiger charge is 2.60. The molecule has 0 saturated heterocycles. The molecule has 2 aliphatic rings. The van der Waals surface area contributed by atoms with E-state index in [1.807, 2.05) is 24.3 Å². The van der Waals surface area contributed by atoms with E-state index in [1.54, 1.807) is 6.92 Å². The van der Waals surface area contributed by atoms with Crippen molar-refractivity contribution in [2.24, 2.45) is 16.6 Å². The molecule has 5 heteroatoms. The predicted molar refractivity (Wildman–Crippen MR) is 61.6 cm³/mol. The van der Waals surface area contributed by atoms with Gasteiger partial charge in [0.05, 0.1) is 17.6 Å². The molecule has 18 heavy (non-hydrogen) atoms. The average Bonchev–Trinajstić information content (AvgIpc) is 2.37. The third-order valence-electron chi connectivity index (χ3n) is 3.87. The summed E-state index contributed by atoms with van der Waals surface area (Å²) >= 11 is 0. The number of fused-ring (bicyclic) bond motifs is 1. The van der Waals surface area contributed by atoms with Gasteiger partial charge in [-0.05, 0) is 32.3 Å². The van der Waals surface area contributed by atoms with Crippen LogP contribution in [0.4, 0.5) is 0 Å². The molecule has 1 atom stereocenters. The molecule has 90 valence electrons. The normalized spacial score (nSPS) is 28.9. The van der Waals surface area contributed by atoms with Crippen LogP contribution in [-0.2, 0) is 4.74 Å². The fourth-order valence-corrected chi connectivity index (χ4v) is 2.72. The van der Waals surface area contributed by atoms with Crippen molar-refractivity contribution >= 4 is 0 Å². The highest BCUT2D eigenvalue weighted by molar-refractivity contribution is 5.51. The highest BCUT2D eigenvalue weighted by Crippen LogP contribution is 2.57. The molecule has 0 bridgehead atoms. The Morgan fingerprint density at radius 2 is 2.00 bits per heavy atom. The SMILES string of the molecule is CC12CCCC=C1OC(N)=C(C#N)C2(C#N)C#N. The first kappa shape index (κ1) is 12.0. The van der Waals surface area contributed by atoms with Gasteiger partial charge in [-0.2, -0.15) is 15.8 Å². The Morgan fingerprint density at radius 3 is 2.56 bits per heavy atom. The fraction of sp³-hybridized carbons (Fsp3) is 0.462. The van der Waals surface area contributed by atoms with E-state index in [1.165, 1.54) is 0 Å². The molecule has 1 unspecified atom stereocenters. The van der Waals surface area contributed by atoms with Gasteiger partial charge in [-0.3, -0.25) is 0 Å². The Labute approximate surface area is 105 Å². The van der Waals surface area contributed by atoms with Crippen molar-refractivity contribution in [2.45, 2.75) is 26.2 Å². The van der Waals surface area contributed by atoms with Crippen LogP contribution in [-0.4, -0.2) is 0 Å². The summed E-state index contributed by atoms with van der Waals surface area (Å²) in [5.74, 6) is 0.402. The molecule has 2 N–H and O–H groups in total. The zero-order valence-electron chi connectivity index (χ0n) is 10.0. The topological polar surface area (TPSA) is 107 Å². The maximum atomic E-state index is 9.47. The zero-order valence-corrected chi connectivity index (χ0v) is 10.0. The number of ether oxygens (including phenoxy) is 1. The molecular formula is C13H12N4O. The lowest BCUT2D eigenvalue weighted by molar-refractivity contribution is 0.0835. The minimum absolute atomic E-state index is 0.0750. The van der Waals surface area contributed by atoms with Gasteiger partial charge < -0.3 is 10.5 Å². The van der Waals surface area contributed by atoms with Crippen molar-refractivity contribution in [3.63, 3.8) is 0 Å². The second-order valence-corrected chi connectivity index (χ2v) is 4.72. The Kier molecular flexibility index (Phi) is 2.53. The number of hydrogen-bond donors (Lipinski definition) is 1. The molecule has 0 radical (unpaired) electrons. The second kappa shape index (κ2) is 3.79. The van der Waals surface area contributed by atoms with Crippen LogP contribution in [0.2, 0.25) is 0 Å². The molecule has 5 nitrogen and oxygen atoms in total. The van der Waals surface area contributed by atoms with E-state index >= 15 is 0 Å². The van der Waals surface area contributed by atoms with Gasteiger partial charge in [-0.25, -0.2) is 0 Å². The molecule has 0 fully saturated rings. The van der Waals surface area contributed by atoms with Crippen LogP contribution in [0.3, 0.4) is 0 Å². The standard InChI is InChI=1S/C13H12N4O/c1-12-5-3-2-4-10(12)18-11(17)9(6-14)13(12,7-15)8-16/h4H,2-3,5,17H2,1H3. The molecule has 0 amide bonds. The minimum Gasteiger partial charge on any atom is -0.444 e.